The number of esters is 1. The molecule has 0 spiro atoms. The molecule has 1 saturated heterocycles. The van der Waals surface area contributed by atoms with Crippen LogP contribution in [0.5, 0.6) is 0 Å². The van der Waals surface area contributed by atoms with Gasteiger partial charge in [0.15, 0.2) is 6.10 Å². The second-order valence-electron chi connectivity index (χ2n) is 5.61. The minimum absolute atomic E-state index is 0.0714. The Hall–Kier alpha value is -1.93. The molecule has 1 aliphatic heterocycles. The number of benzene rings is 1. The predicted octanol–water partition coefficient (Wildman–Crippen LogP) is 1.15. The van der Waals surface area contributed by atoms with Gasteiger partial charge in [0.25, 0.3) is 5.91 Å². The highest BCUT2D eigenvalue weighted by Crippen LogP contribution is 2.14. The molecule has 1 N–H and O–H groups in total. The van der Waals surface area contributed by atoms with Gasteiger partial charge in [-0.1, -0.05) is 6.92 Å². The molecule has 1 unspecified atom stereocenters. The molecule has 132 valence electrons. The van der Waals surface area contributed by atoms with E-state index in [-0.39, 0.29) is 22.9 Å². The maximum Gasteiger partial charge on any atom is 0.338 e. The predicted molar refractivity (Wildman–Crippen MR) is 88.0 cm³/mol. The van der Waals surface area contributed by atoms with E-state index < -0.39 is 22.1 Å². The van der Waals surface area contributed by atoms with E-state index in [1.54, 1.807) is 18.7 Å². The van der Waals surface area contributed by atoms with E-state index in [1.807, 2.05) is 0 Å². The van der Waals surface area contributed by atoms with Crippen LogP contribution in [0.1, 0.15) is 37.0 Å². The van der Waals surface area contributed by atoms with Gasteiger partial charge in [-0.15, -0.1) is 0 Å². The van der Waals surface area contributed by atoms with Crippen molar-refractivity contribution in [3.63, 3.8) is 0 Å². The summed E-state index contributed by atoms with van der Waals surface area (Å²) < 4.78 is 31.3. The van der Waals surface area contributed by atoms with Crippen molar-refractivity contribution in [2.45, 2.75) is 37.7 Å². The average molecular weight is 354 g/mol. The summed E-state index contributed by atoms with van der Waals surface area (Å²) in [7, 11) is -3.56. The lowest BCUT2D eigenvalue weighted by Gasteiger charge is -2.20. The Balaban J connectivity index is 2.01. The van der Waals surface area contributed by atoms with Crippen LogP contribution in [-0.2, 0) is 19.6 Å². The molecule has 1 aromatic rings. The minimum atomic E-state index is -3.56. The molecule has 1 atom stereocenters. The Labute approximate surface area is 142 Å². The number of ether oxygens (including phenoxy) is 1. The van der Waals surface area contributed by atoms with Crippen molar-refractivity contribution in [3.8, 4) is 0 Å². The van der Waals surface area contributed by atoms with Crippen molar-refractivity contribution in [3.05, 3.63) is 29.8 Å². The summed E-state index contributed by atoms with van der Waals surface area (Å²) in [5.74, 6) is -0.852. The van der Waals surface area contributed by atoms with Gasteiger partial charge < -0.3 is 9.64 Å². The molecule has 7 nitrogen and oxygen atoms in total. The van der Waals surface area contributed by atoms with E-state index in [1.165, 1.54) is 24.3 Å². The lowest BCUT2D eigenvalue weighted by atomic mass is 10.2. The second-order valence-corrected chi connectivity index (χ2v) is 7.37. The van der Waals surface area contributed by atoms with Gasteiger partial charge in [0.2, 0.25) is 10.0 Å². The van der Waals surface area contributed by atoms with Crippen LogP contribution in [0, 0.1) is 0 Å². The van der Waals surface area contributed by atoms with Gasteiger partial charge in [0.1, 0.15) is 0 Å². The summed E-state index contributed by atoms with van der Waals surface area (Å²) in [5, 5.41) is 0. The number of amides is 1. The molecule has 2 rings (SSSR count). The summed E-state index contributed by atoms with van der Waals surface area (Å²) in [4.78, 5) is 26.0. The molecule has 0 aliphatic carbocycles. The molecule has 0 saturated carbocycles. The largest absolute Gasteiger partial charge is 0.449 e. The third kappa shape index (κ3) is 4.33. The number of nitrogens with one attached hydrogen (secondary N) is 1. The number of rotatable bonds is 6. The van der Waals surface area contributed by atoms with Gasteiger partial charge in [-0.2, -0.15) is 0 Å². The van der Waals surface area contributed by atoms with Gasteiger partial charge in [-0.25, -0.2) is 17.9 Å². The lowest BCUT2D eigenvalue weighted by molar-refractivity contribution is -0.138. The molecule has 0 radical (unpaired) electrons. The van der Waals surface area contributed by atoms with Crippen LogP contribution in [0.2, 0.25) is 0 Å². The first-order valence-electron chi connectivity index (χ1n) is 7.94. The van der Waals surface area contributed by atoms with Crippen LogP contribution in [0.25, 0.3) is 0 Å². The first-order valence-corrected chi connectivity index (χ1v) is 9.43. The van der Waals surface area contributed by atoms with E-state index in [0.29, 0.717) is 13.1 Å². The second kappa shape index (κ2) is 7.76. The third-order valence-corrected chi connectivity index (χ3v) is 5.35. The van der Waals surface area contributed by atoms with Gasteiger partial charge in [-0.05, 0) is 44.0 Å². The SMILES string of the molecule is CCNS(=O)(=O)c1ccc(C(=O)OC(C)C(=O)N2CCCC2)cc1. The summed E-state index contributed by atoms with van der Waals surface area (Å²) in [6.07, 6.45) is 1.07. The molecule has 0 bridgehead atoms. The van der Waals surface area contributed by atoms with Crippen molar-refractivity contribution in [1.29, 1.82) is 0 Å². The van der Waals surface area contributed by atoms with Crippen LogP contribution in [0.15, 0.2) is 29.2 Å². The van der Waals surface area contributed by atoms with E-state index >= 15 is 0 Å². The van der Waals surface area contributed by atoms with Crippen LogP contribution >= 0.6 is 0 Å². The summed E-state index contributed by atoms with van der Waals surface area (Å²) >= 11 is 0. The Morgan fingerprint density at radius 2 is 1.79 bits per heavy atom. The zero-order chi connectivity index (χ0) is 17.7. The minimum Gasteiger partial charge on any atom is -0.449 e. The lowest BCUT2D eigenvalue weighted by Crippen LogP contribution is -2.38. The van der Waals surface area contributed by atoms with Gasteiger partial charge in [0.05, 0.1) is 10.5 Å². The Kier molecular flexibility index (Phi) is 5.95. The molecule has 1 aliphatic rings. The van der Waals surface area contributed by atoms with E-state index in [0.717, 1.165) is 12.8 Å². The van der Waals surface area contributed by atoms with Crippen LogP contribution < -0.4 is 4.72 Å². The zero-order valence-corrected chi connectivity index (χ0v) is 14.6. The fraction of sp³-hybridized carbons (Fsp3) is 0.500. The van der Waals surface area contributed by atoms with Crippen molar-refractivity contribution in [2.75, 3.05) is 19.6 Å². The van der Waals surface area contributed by atoms with Gasteiger partial charge in [-0.3, -0.25) is 4.79 Å². The fourth-order valence-electron chi connectivity index (χ4n) is 2.52. The quantitative estimate of drug-likeness (QED) is 0.774. The van der Waals surface area contributed by atoms with E-state index in [4.69, 9.17) is 4.74 Å². The molecule has 1 aromatic carbocycles. The van der Waals surface area contributed by atoms with E-state index in [9.17, 15) is 18.0 Å². The van der Waals surface area contributed by atoms with Gasteiger partial charge >= 0.3 is 5.97 Å². The summed E-state index contributed by atoms with van der Waals surface area (Å²) in [5.41, 5.74) is 0.200. The average Bonchev–Trinajstić information content (AvgIpc) is 3.08. The number of hydrogen-bond acceptors (Lipinski definition) is 5. The fourth-order valence-corrected chi connectivity index (χ4v) is 3.56. The highest BCUT2D eigenvalue weighted by molar-refractivity contribution is 7.89. The first kappa shape index (κ1) is 18.4. The summed E-state index contributed by atoms with van der Waals surface area (Å²) in [6.45, 7) is 4.89. The van der Waals surface area contributed by atoms with Gasteiger partial charge in [0, 0.05) is 19.6 Å². The zero-order valence-electron chi connectivity index (χ0n) is 13.8. The number of hydrogen-bond donors (Lipinski definition) is 1. The maximum absolute atomic E-state index is 12.1. The molecular formula is C16H22N2O5S. The third-order valence-electron chi connectivity index (χ3n) is 3.78. The number of likely N-dealkylation sites (tertiary alicyclic amines) is 1. The first-order chi connectivity index (χ1) is 11.3. The topological polar surface area (TPSA) is 92.8 Å². The van der Waals surface area contributed by atoms with Crippen molar-refractivity contribution in [2.24, 2.45) is 0 Å². The van der Waals surface area contributed by atoms with E-state index in [2.05, 4.69) is 4.72 Å². The molecule has 0 aromatic heterocycles. The Morgan fingerprint density at radius 3 is 2.33 bits per heavy atom. The number of carbonyl (C=O) groups is 2. The van der Waals surface area contributed by atoms with Crippen LogP contribution in [0.3, 0.4) is 0 Å². The monoisotopic (exact) mass is 354 g/mol. The molecular weight excluding hydrogens is 332 g/mol. The smallest absolute Gasteiger partial charge is 0.338 e. The highest BCUT2D eigenvalue weighted by atomic mass is 32.2. The normalized spacial score (nSPS) is 16.0. The molecule has 1 fully saturated rings. The Bertz CT molecular complexity index is 694. The molecule has 1 heterocycles. The molecule has 8 heteroatoms. The van der Waals surface area contributed by atoms with Crippen molar-refractivity contribution < 1.29 is 22.7 Å². The van der Waals surface area contributed by atoms with Crippen LogP contribution in [0.4, 0.5) is 0 Å². The maximum atomic E-state index is 12.1. The highest BCUT2D eigenvalue weighted by Gasteiger charge is 2.26. The Morgan fingerprint density at radius 1 is 1.21 bits per heavy atom. The van der Waals surface area contributed by atoms with Crippen LogP contribution in [-0.4, -0.2) is 50.9 Å². The number of carbonyl (C=O) groups excluding carboxylic acids is 2. The summed E-state index contributed by atoms with van der Waals surface area (Å²) in [6, 6.07) is 5.42. The van der Waals surface area contributed by atoms with Crippen molar-refractivity contribution >= 4 is 21.9 Å². The van der Waals surface area contributed by atoms with Crippen molar-refractivity contribution in [1.82, 2.24) is 9.62 Å². The number of sulfonamides is 1. The number of nitrogens with zero attached hydrogens (tertiary/aromatic N) is 1. The molecule has 1 amide bonds. The standard InChI is InChI=1S/C16H22N2O5S/c1-3-17-24(21,22)14-8-6-13(7-9-14)16(20)23-12(2)15(19)18-10-4-5-11-18/h6-9,12,17H,3-5,10-11H2,1-2H3. The molecule has 24 heavy (non-hydrogen) atoms.